The molecule has 0 radical (unpaired) electrons. The molecule has 88 valence electrons. The average molecular weight is 222 g/mol. The Morgan fingerprint density at radius 2 is 2.31 bits per heavy atom. The van der Waals surface area contributed by atoms with E-state index in [1.165, 1.54) is 0 Å². The third kappa shape index (κ3) is 3.62. The highest BCUT2D eigenvalue weighted by atomic mass is 16.5. The quantitative estimate of drug-likeness (QED) is 0.767. The minimum Gasteiger partial charge on any atom is -0.465 e. The van der Waals surface area contributed by atoms with Gasteiger partial charge in [-0.2, -0.15) is 0 Å². The normalized spacial score (nSPS) is 11.2. The molecule has 4 heteroatoms. The number of aromatic nitrogens is 1. The van der Waals surface area contributed by atoms with Gasteiger partial charge in [-0.3, -0.25) is 15.1 Å². The number of esters is 1. The minimum absolute atomic E-state index is 0.237. The Kier molecular flexibility index (Phi) is 4.43. The molecule has 0 aromatic carbocycles. The molecule has 0 saturated heterocycles. The maximum absolute atomic E-state index is 11.6. The standard InChI is InChI=1S/C12H18N2O2/c1-4-16-11(15)12(2,3)14-9-10-6-5-7-13-8-10/h5-8,14H,4,9H2,1-3H3. The van der Waals surface area contributed by atoms with Gasteiger partial charge in [0.2, 0.25) is 0 Å². The van der Waals surface area contributed by atoms with Crippen LogP contribution in [0.5, 0.6) is 0 Å². The number of hydrogen-bond donors (Lipinski definition) is 1. The summed E-state index contributed by atoms with van der Waals surface area (Å²) in [6.45, 7) is 6.41. The summed E-state index contributed by atoms with van der Waals surface area (Å²) in [7, 11) is 0. The maximum Gasteiger partial charge on any atom is 0.325 e. The first-order chi connectivity index (χ1) is 7.56. The second-order valence-electron chi connectivity index (χ2n) is 4.06. The van der Waals surface area contributed by atoms with Crippen molar-refractivity contribution in [1.29, 1.82) is 0 Å². The number of rotatable bonds is 5. The molecule has 0 amide bonds. The van der Waals surface area contributed by atoms with Crippen molar-refractivity contribution >= 4 is 5.97 Å². The number of nitrogens with zero attached hydrogens (tertiary/aromatic N) is 1. The zero-order valence-electron chi connectivity index (χ0n) is 9.99. The van der Waals surface area contributed by atoms with Crippen LogP contribution in [0.25, 0.3) is 0 Å². The summed E-state index contributed by atoms with van der Waals surface area (Å²) >= 11 is 0. The SMILES string of the molecule is CCOC(=O)C(C)(C)NCc1cccnc1. The van der Waals surface area contributed by atoms with Gasteiger partial charge in [-0.05, 0) is 32.4 Å². The van der Waals surface area contributed by atoms with Crippen LogP contribution in [0.15, 0.2) is 24.5 Å². The molecule has 1 rings (SSSR count). The molecule has 1 aromatic heterocycles. The number of nitrogens with one attached hydrogen (secondary N) is 1. The van der Waals surface area contributed by atoms with Crippen molar-refractivity contribution in [3.05, 3.63) is 30.1 Å². The number of pyridine rings is 1. The minimum atomic E-state index is -0.675. The Morgan fingerprint density at radius 3 is 2.88 bits per heavy atom. The molecule has 1 N–H and O–H groups in total. The van der Waals surface area contributed by atoms with E-state index in [2.05, 4.69) is 10.3 Å². The Bertz CT molecular complexity index is 336. The number of carbonyl (C=O) groups is 1. The van der Waals surface area contributed by atoms with E-state index >= 15 is 0 Å². The van der Waals surface area contributed by atoms with E-state index in [9.17, 15) is 4.79 Å². The van der Waals surface area contributed by atoms with E-state index in [1.54, 1.807) is 33.2 Å². The van der Waals surface area contributed by atoms with Gasteiger partial charge in [-0.15, -0.1) is 0 Å². The molecular formula is C12H18N2O2. The molecule has 0 spiro atoms. The Hall–Kier alpha value is -1.42. The fourth-order valence-corrected chi connectivity index (χ4v) is 1.21. The molecule has 0 aliphatic rings. The van der Waals surface area contributed by atoms with Gasteiger partial charge in [-0.25, -0.2) is 0 Å². The van der Waals surface area contributed by atoms with Gasteiger partial charge in [0.15, 0.2) is 0 Å². The first-order valence-corrected chi connectivity index (χ1v) is 5.37. The van der Waals surface area contributed by atoms with Gasteiger partial charge in [0.05, 0.1) is 6.61 Å². The Labute approximate surface area is 96.0 Å². The lowest BCUT2D eigenvalue weighted by atomic mass is 10.1. The van der Waals surface area contributed by atoms with Crippen molar-refractivity contribution in [2.24, 2.45) is 0 Å². The number of ether oxygens (including phenoxy) is 1. The lowest BCUT2D eigenvalue weighted by Crippen LogP contribution is -2.47. The van der Waals surface area contributed by atoms with Gasteiger partial charge in [-0.1, -0.05) is 6.07 Å². The summed E-state index contributed by atoms with van der Waals surface area (Å²) in [5, 5.41) is 3.15. The molecule has 0 unspecified atom stereocenters. The van der Waals surface area contributed by atoms with E-state index in [1.807, 2.05) is 12.1 Å². The van der Waals surface area contributed by atoms with Crippen LogP contribution < -0.4 is 5.32 Å². The molecular weight excluding hydrogens is 204 g/mol. The average Bonchev–Trinajstić information content (AvgIpc) is 2.28. The molecule has 1 heterocycles. The predicted octanol–water partition coefficient (Wildman–Crippen LogP) is 1.51. The number of hydrogen-bond acceptors (Lipinski definition) is 4. The third-order valence-electron chi connectivity index (χ3n) is 2.24. The van der Waals surface area contributed by atoms with E-state index in [4.69, 9.17) is 4.74 Å². The molecule has 0 aliphatic carbocycles. The molecule has 0 aliphatic heterocycles. The van der Waals surface area contributed by atoms with E-state index in [-0.39, 0.29) is 5.97 Å². The fraction of sp³-hybridized carbons (Fsp3) is 0.500. The third-order valence-corrected chi connectivity index (χ3v) is 2.24. The van der Waals surface area contributed by atoms with Gasteiger partial charge in [0.1, 0.15) is 5.54 Å². The highest BCUT2D eigenvalue weighted by molar-refractivity contribution is 5.79. The molecule has 4 nitrogen and oxygen atoms in total. The molecule has 0 fully saturated rings. The molecule has 1 aromatic rings. The summed E-state index contributed by atoms with van der Waals surface area (Å²) in [6.07, 6.45) is 3.49. The van der Waals surface area contributed by atoms with Crippen LogP contribution in [-0.4, -0.2) is 23.1 Å². The van der Waals surface area contributed by atoms with Crippen molar-refractivity contribution in [3.63, 3.8) is 0 Å². The maximum atomic E-state index is 11.6. The second-order valence-corrected chi connectivity index (χ2v) is 4.06. The van der Waals surface area contributed by atoms with Crippen LogP contribution in [0.2, 0.25) is 0 Å². The van der Waals surface area contributed by atoms with Crippen molar-refractivity contribution in [2.45, 2.75) is 32.9 Å². The summed E-state index contributed by atoms with van der Waals surface area (Å²) in [5.74, 6) is -0.237. The predicted molar refractivity (Wildman–Crippen MR) is 61.8 cm³/mol. The van der Waals surface area contributed by atoms with Crippen LogP contribution in [0.1, 0.15) is 26.3 Å². The summed E-state index contributed by atoms with van der Waals surface area (Å²) < 4.78 is 4.98. The summed E-state index contributed by atoms with van der Waals surface area (Å²) in [4.78, 5) is 15.6. The van der Waals surface area contributed by atoms with Gasteiger partial charge in [0, 0.05) is 18.9 Å². The monoisotopic (exact) mass is 222 g/mol. The molecule has 0 bridgehead atoms. The van der Waals surface area contributed by atoms with Crippen LogP contribution in [0.3, 0.4) is 0 Å². The van der Waals surface area contributed by atoms with Crippen molar-refractivity contribution in [1.82, 2.24) is 10.3 Å². The zero-order valence-corrected chi connectivity index (χ0v) is 9.99. The van der Waals surface area contributed by atoms with Gasteiger partial charge in [0.25, 0.3) is 0 Å². The second kappa shape index (κ2) is 5.61. The lowest BCUT2D eigenvalue weighted by molar-refractivity contribution is -0.149. The highest BCUT2D eigenvalue weighted by Crippen LogP contribution is 2.07. The zero-order chi connectivity index (χ0) is 12.0. The lowest BCUT2D eigenvalue weighted by Gasteiger charge is -2.23. The highest BCUT2D eigenvalue weighted by Gasteiger charge is 2.28. The van der Waals surface area contributed by atoms with Crippen LogP contribution >= 0.6 is 0 Å². The van der Waals surface area contributed by atoms with Crippen LogP contribution in [0, 0.1) is 0 Å². The Morgan fingerprint density at radius 1 is 1.56 bits per heavy atom. The van der Waals surface area contributed by atoms with Gasteiger partial charge >= 0.3 is 5.97 Å². The van der Waals surface area contributed by atoms with Crippen molar-refractivity contribution in [3.8, 4) is 0 Å². The molecule has 0 atom stereocenters. The van der Waals surface area contributed by atoms with E-state index in [0.717, 1.165) is 5.56 Å². The van der Waals surface area contributed by atoms with Crippen molar-refractivity contribution in [2.75, 3.05) is 6.61 Å². The van der Waals surface area contributed by atoms with E-state index < -0.39 is 5.54 Å². The molecule has 16 heavy (non-hydrogen) atoms. The summed E-state index contributed by atoms with van der Waals surface area (Å²) in [6, 6.07) is 3.83. The largest absolute Gasteiger partial charge is 0.465 e. The van der Waals surface area contributed by atoms with E-state index in [0.29, 0.717) is 13.2 Å². The van der Waals surface area contributed by atoms with Crippen molar-refractivity contribution < 1.29 is 9.53 Å². The smallest absolute Gasteiger partial charge is 0.325 e. The van der Waals surface area contributed by atoms with Crippen LogP contribution in [-0.2, 0) is 16.1 Å². The first-order valence-electron chi connectivity index (χ1n) is 5.37. The fourth-order valence-electron chi connectivity index (χ4n) is 1.21. The van der Waals surface area contributed by atoms with Crippen LogP contribution in [0.4, 0.5) is 0 Å². The van der Waals surface area contributed by atoms with Gasteiger partial charge < -0.3 is 4.74 Å². The first kappa shape index (κ1) is 12.6. The summed E-state index contributed by atoms with van der Waals surface area (Å²) in [5.41, 5.74) is 0.367. The topological polar surface area (TPSA) is 51.2 Å². The number of carbonyl (C=O) groups excluding carboxylic acids is 1. The molecule has 0 saturated carbocycles. The Balaban J connectivity index is 2.51.